The van der Waals surface area contributed by atoms with Crippen molar-refractivity contribution >= 4 is 35.6 Å². The maximum Gasteiger partial charge on any atom is 0.326 e. The number of carboxylic acids is 2. The largest absolute Gasteiger partial charge is 0.481 e. The fourth-order valence-electron chi connectivity index (χ4n) is 3.66. The molecular weight excluding hydrogens is 528 g/mol. The molecule has 0 aliphatic carbocycles. The monoisotopic (exact) mass is 574 g/mol. The lowest BCUT2D eigenvalue weighted by molar-refractivity contribution is -0.143. The molecule has 0 aromatic heterocycles. The fourth-order valence-corrected chi connectivity index (χ4v) is 3.66. The highest BCUT2D eigenvalue weighted by atomic mass is 16.4. The molecule has 4 amide bonds. The minimum Gasteiger partial charge on any atom is -0.481 e. The van der Waals surface area contributed by atoms with Crippen LogP contribution >= 0.6 is 0 Å². The first kappa shape index (κ1) is 36.7. The summed E-state index contributed by atoms with van der Waals surface area (Å²) < 4.78 is 0. The Morgan fingerprint density at radius 1 is 0.725 bits per heavy atom. The van der Waals surface area contributed by atoms with Crippen LogP contribution in [0.25, 0.3) is 0 Å². The number of rotatable bonds is 20. The maximum atomic E-state index is 12.9. The lowest BCUT2D eigenvalue weighted by Gasteiger charge is -2.27. The molecule has 0 fully saturated rings. The molecule has 15 nitrogen and oxygen atoms in total. The van der Waals surface area contributed by atoms with Crippen molar-refractivity contribution in [2.45, 2.75) is 96.4 Å². The fraction of sp³-hybridized carbons (Fsp3) is 0.760. The van der Waals surface area contributed by atoms with E-state index in [1.807, 2.05) is 0 Å². The van der Waals surface area contributed by atoms with E-state index in [4.69, 9.17) is 16.6 Å². The number of nitrogens with two attached hydrogens (primary N) is 2. The highest BCUT2D eigenvalue weighted by Crippen LogP contribution is 2.09. The van der Waals surface area contributed by atoms with Crippen molar-refractivity contribution in [2.75, 3.05) is 13.2 Å². The summed E-state index contributed by atoms with van der Waals surface area (Å²) in [6.45, 7) is 6.32. The van der Waals surface area contributed by atoms with Crippen molar-refractivity contribution < 1.29 is 44.1 Å². The van der Waals surface area contributed by atoms with Crippen molar-refractivity contribution in [2.24, 2.45) is 23.3 Å². The molecule has 0 aromatic rings. The number of hydrogen-bond donors (Lipinski definition) is 9. The number of hydrogen-bond acceptors (Lipinski definition) is 9. The topological polar surface area (TPSA) is 263 Å². The number of carboxylic acid groups (broad SMARTS) is 2. The van der Waals surface area contributed by atoms with Crippen LogP contribution in [-0.2, 0) is 28.8 Å². The summed E-state index contributed by atoms with van der Waals surface area (Å²) in [5.74, 6) is -6.31. The van der Waals surface area contributed by atoms with Gasteiger partial charge in [-0.1, -0.05) is 34.1 Å². The second-order valence-electron chi connectivity index (χ2n) is 10.4. The molecule has 0 saturated carbocycles. The van der Waals surface area contributed by atoms with Crippen LogP contribution in [0.2, 0.25) is 0 Å². The van der Waals surface area contributed by atoms with Crippen molar-refractivity contribution in [3.05, 3.63) is 0 Å². The van der Waals surface area contributed by atoms with Gasteiger partial charge in [0.05, 0.1) is 12.6 Å². The van der Waals surface area contributed by atoms with E-state index in [1.54, 1.807) is 27.7 Å². The van der Waals surface area contributed by atoms with Gasteiger partial charge in [0.25, 0.3) is 0 Å². The van der Waals surface area contributed by atoms with Gasteiger partial charge < -0.3 is 48.1 Å². The van der Waals surface area contributed by atoms with Gasteiger partial charge in [-0.15, -0.1) is 0 Å². The third-order valence-electron chi connectivity index (χ3n) is 5.97. The van der Waals surface area contributed by atoms with E-state index in [2.05, 4.69) is 21.3 Å². The first-order valence-electron chi connectivity index (χ1n) is 13.4. The van der Waals surface area contributed by atoms with E-state index >= 15 is 0 Å². The summed E-state index contributed by atoms with van der Waals surface area (Å²) in [6.07, 6.45) is 0.839. The molecular formula is C25H46N6O9. The van der Waals surface area contributed by atoms with Gasteiger partial charge in [-0.25, -0.2) is 4.79 Å². The number of amides is 4. The summed E-state index contributed by atoms with van der Waals surface area (Å²) in [4.78, 5) is 73.8. The van der Waals surface area contributed by atoms with Crippen LogP contribution < -0.4 is 32.7 Å². The molecule has 0 aliphatic heterocycles. The van der Waals surface area contributed by atoms with Crippen molar-refractivity contribution in [3.63, 3.8) is 0 Å². The molecule has 0 unspecified atom stereocenters. The predicted octanol–water partition coefficient (Wildman–Crippen LogP) is -1.97. The van der Waals surface area contributed by atoms with Crippen molar-refractivity contribution in [1.29, 1.82) is 0 Å². The number of aliphatic hydroxyl groups excluding tert-OH is 1. The van der Waals surface area contributed by atoms with Gasteiger partial charge in [0, 0.05) is 6.42 Å². The molecule has 0 heterocycles. The van der Waals surface area contributed by atoms with Gasteiger partial charge in [0.15, 0.2) is 0 Å². The van der Waals surface area contributed by atoms with Gasteiger partial charge in [-0.3, -0.25) is 24.0 Å². The first-order valence-corrected chi connectivity index (χ1v) is 13.4. The van der Waals surface area contributed by atoms with Gasteiger partial charge in [0.1, 0.15) is 24.2 Å². The number of carbonyl (C=O) groups excluding carboxylic acids is 4. The summed E-state index contributed by atoms with van der Waals surface area (Å²) in [5.41, 5.74) is 11.3. The highest BCUT2D eigenvalue weighted by Gasteiger charge is 2.32. The Kier molecular flexibility index (Phi) is 17.3. The highest BCUT2D eigenvalue weighted by molar-refractivity contribution is 5.95. The van der Waals surface area contributed by atoms with E-state index in [0.717, 1.165) is 0 Å². The van der Waals surface area contributed by atoms with Crippen LogP contribution in [-0.4, -0.2) is 94.2 Å². The van der Waals surface area contributed by atoms with E-state index in [9.17, 15) is 39.0 Å². The van der Waals surface area contributed by atoms with Crippen LogP contribution in [0.1, 0.15) is 66.2 Å². The second-order valence-corrected chi connectivity index (χ2v) is 10.4. The molecule has 0 saturated heterocycles. The summed E-state index contributed by atoms with van der Waals surface area (Å²) in [6, 6.07) is -6.28. The molecule has 15 heteroatoms. The average Bonchev–Trinajstić information content (AvgIpc) is 2.86. The van der Waals surface area contributed by atoms with Crippen LogP contribution in [0.4, 0.5) is 0 Å². The Morgan fingerprint density at radius 3 is 1.73 bits per heavy atom. The molecule has 0 radical (unpaired) electrons. The van der Waals surface area contributed by atoms with Gasteiger partial charge in [0.2, 0.25) is 23.6 Å². The third kappa shape index (κ3) is 14.2. The molecule has 5 atom stereocenters. The molecule has 0 bridgehead atoms. The quantitative estimate of drug-likeness (QED) is 0.0719. The SMILES string of the molecule is CC(C)C[C@H](NC(=O)[C@H](CO)NC(=O)[C@H](CCC(=O)O)NC(=O)[C@@H](N)CCCCN)C(=O)N[C@H](C(=O)O)C(C)C. The lowest BCUT2D eigenvalue weighted by atomic mass is 10.00. The molecule has 230 valence electrons. The van der Waals surface area contributed by atoms with E-state index in [0.29, 0.717) is 19.4 Å². The smallest absolute Gasteiger partial charge is 0.326 e. The average molecular weight is 575 g/mol. The Hall–Kier alpha value is -3.30. The zero-order valence-corrected chi connectivity index (χ0v) is 23.6. The molecule has 11 N–H and O–H groups in total. The van der Waals surface area contributed by atoms with Gasteiger partial charge in [-0.2, -0.15) is 0 Å². The van der Waals surface area contributed by atoms with Gasteiger partial charge >= 0.3 is 11.9 Å². The molecule has 0 aromatic carbocycles. The van der Waals surface area contributed by atoms with Crippen LogP contribution in [0.5, 0.6) is 0 Å². The van der Waals surface area contributed by atoms with Gasteiger partial charge in [-0.05, 0) is 44.1 Å². The third-order valence-corrected chi connectivity index (χ3v) is 5.97. The van der Waals surface area contributed by atoms with E-state index < -0.39 is 84.7 Å². The van der Waals surface area contributed by atoms with Crippen LogP contribution in [0.3, 0.4) is 0 Å². The zero-order valence-electron chi connectivity index (χ0n) is 23.6. The number of nitrogens with one attached hydrogen (secondary N) is 4. The minimum absolute atomic E-state index is 0.0924. The Balaban J connectivity index is 5.58. The summed E-state index contributed by atoms with van der Waals surface area (Å²) in [5, 5.41) is 37.7. The number of carbonyl (C=O) groups is 6. The zero-order chi connectivity index (χ0) is 31.0. The van der Waals surface area contributed by atoms with E-state index in [1.165, 1.54) is 0 Å². The van der Waals surface area contributed by atoms with Crippen LogP contribution in [0, 0.1) is 11.8 Å². The normalized spacial score (nSPS) is 14.9. The first-order chi connectivity index (χ1) is 18.6. The number of aliphatic hydroxyl groups is 1. The molecule has 0 rings (SSSR count). The Labute approximate surface area is 234 Å². The Bertz CT molecular complexity index is 868. The maximum absolute atomic E-state index is 12.9. The standard InChI is InChI=1S/C25H46N6O9/c1-13(2)11-17(23(37)31-20(14(3)4)25(39)40)29-24(38)18(12-32)30-22(36)16(8-9-19(33)34)28-21(35)15(27)7-5-6-10-26/h13-18,20,32H,5-12,26-27H2,1-4H3,(H,28,35)(H,29,38)(H,30,36)(H,31,37)(H,33,34)(H,39,40)/t15-,16-,17-,18-,20-/m0/s1. The van der Waals surface area contributed by atoms with Crippen molar-refractivity contribution in [1.82, 2.24) is 21.3 Å². The summed E-state index contributed by atoms with van der Waals surface area (Å²) >= 11 is 0. The molecule has 40 heavy (non-hydrogen) atoms. The predicted molar refractivity (Wildman–Crippen MR) is 144 cm³/mol. The summed E-state index contributed by atoms with van der Waals surface area (Å²) in [7, 11) is 0. The van der Waals surface area contributed by atoms with E-state index in [-0.39, 0.29) is 25.2 Å². The number of aliphatic carboxylic acids is 2. The number of unbranched alkanes of at least 4 members (excludes halogenated alkanes) is 1. The second kappa shape index (κ2) is 18.9. The van der Waals surface area contributed by atoms with Crippen LogP contribution in [0.15, 0.2) is 0 Å². The lowest BCUT2D eigenvalue weighted by Crippen LogP contribution is -2.59. The molecule has 0 spiro atoms. The molecule has 0 aliphatic rings. The minimum atomic E-state index is -1.56. The van der Waals surface area contributed by atoms with Crippen molar-refractivity contribution in [3.8, 4) is 0 Å². The Morgan fingerprint density at radius 2 is 1.25 bits per heavy atom.